The number of benzene rings is 1. The number of carbonyl (C=O) groups is 1. The van der Waals surface area contributed by atoms with Gasteiger partial charge in [0.1, 0.15) is 6.29 Å². The number of halogens is 4. The number of rotatable bonds is 4. The topological polar surface area (TPSA) is 29.1 Å². The van der Waals surface area contributed by atoms with Crippen molar-refractivity contribution in [2.45, 2.75) is 31.1 Å². The summed E-state index contributed by atoms with van der Waals surface area (Å²) in [6, 6.07) is 4.01. The lowest BCUT2D eigenvalue weighted by atomic mass is 10.1. The molecular weight excluding hydrogens is 358 g/mol. The summed E-state index contributed by atoms with van der Waals surface area (Å²) in [5.41, 5.74) is -1.05. The lowest BCUT2D eigenvalue weighted by molar-refractivity contribution is -0.138. The maximum Gasteiger partial charge on any atom is 0.416 e. The average Bonchev–Trinajstić information content (AvgIpc) is 3.05. The fourth-order valence-corrected chi connectivity index (χ4v) is 2.28. The van der Waals surface area contributed by atoms with Gasteiger partial charge in [-0.2, -0.15) is 13.2 Å². The van der Waals surface area contributed by atoms with Crippen molar-refractivity contribution in [2.75, 3.05) is 0 Å². The summed E-state index contributed by atoms with van der Waals surface area (Å²) in [5.74, 6) is 0. The molecule has 0 radical (unpaired) electrons. The second kappa shape index (κ2) is 4.80. The molecule has 0 heterocycles. The molecule has 1 saturated carbocycles. The summed E-state index contributed by atoms with van der Waals surface area (Å²) in [7, 11) is 0. The summed E-state index contributed by atoms with van der Waals surface area (Å²) >= 11 is 1.97. The van der Waals surface area contributed by atoms with Gasteiger partial charge in [-0.15, -0.1) is 0 Å². The normalized spacial score (nSPS) is 17.6. The van der Waals surface area contributed by atoms with Crippen molar-refractivity contribution >= 4 is 28.9 Å². The highest BCUT2D eigenvalue weighted by Gasteiger charge is 2.42. The molecule has 98 valence electrons. The monoisotopic (exact) mass is 369 g/mol. The van der Waals surface area contributed by atoms with Crippen LogP contribution in [0.1, 0.15) is 24.0 Å². The SMILES string of the molecule is O=CC1(NCc2cc(I)ccc2C(F)(F)F)CC1. The van der Waals surface area contributed by atoms with Gasteiger partial charge < -0.3 is 10.1 Å². The van der Waals surface area contributed by atoms with E-state index in [0.717, 1.165) is 15.9 Å². The number of hydrogen-bond donors (Lipinski definition) is 1. The zero-order valence-electron chi connectivity index (χ0n) is 9.35. The standard InChI is InChI=1S/C12H11F3INO/c13-12(14,15)10-2-1-9(16)5-8(10)6-17-11(7-18)3-4-11/h1-2,5,7,17H,3-4,6H2. The molecule has 1 aliphatic carbocycles. The van der Waals surface area contributed by atoms with E-state index in [2.05, 4.69) is 5.32 Å². The molecule has 0 aliphatic heterocycles. The van der Waals surface area contributed by atoms with Crippen LogP contribution in [0.4, 0.5) is 13.2 Å². The van der Waals surface area contributed by atoms with Gasteiger partial charge in [0, 0.05) is 10.1 Å². The van der Waals surface area contributed by atoms with Crippen LogP contribution in [-0.2, 0) is 17.5 Å². The van der Waals surface area contributed by atoms with Crippen molar-refractivity contribution < 1.29 is 18.0 Å². The van der Waals surface area contributed by atoms with Crippen LogP contribution in [0, 0.1) is 3.57 Å². The molecule has 1 aliphatic rings. The van der Waals surface area contributed by atoms with Crippen LogP contribution in [0.5, 0.6) is 0 Å². The van der Waals surface area contributed by atoms with Crippen LogP contribution in [0.3, 0.4) is 0 Å². The molecule has 0 atom stereocenters. The lowest BCUT2D eigenvalue weighted by Gasteiger charge is -2.16. The molecular formula is C12H11F3INO. The first-order valence-electron chi connectivity index (χ1n) is 5.43. The predicted molar refractivity (Wildman–Crippen MR) is 69.0 cm³/mol. The third-order valence-corrected chi connectivity index (χ3v) is 3.69. The number of hydrogen-bond acceptors (Lipinski definition) is 2. The summed E-state index contributed by atoms with van der Waals surface area (Å²) < 4.78 is 39.1. The number of carbonyl (C=O) groups excluding carboxylic acids is 1. The first-order valence-corrected chi connectivity index (χ1v) is 6.51. The Balaban J connectivity index is 2.20. The van der Waals surface area contributed by atoms with Crippen LogP contribution < -0.4 is 5.32 Å². The largest absolute Gasteiger partial charge is 0.416 e. The predicted octanol–water partition coefficient (Wildman–Crippen LogP) is 3.13. The molecule has 18 heavy (non-hydrogen) atoms. The van der Waals surface area contributed by atoms with Crippen LogP contribution in [0.25, 0.3) is 0 Å². The van der Waals surface area contributed by atoms with Crippen molar-refractivity contribution in [1.82, 2.24) is 5.32 Å². The van der Waals surface area contributed by atoms with E-state index in [1.165, 1.54) is 12.1 Å². The highest BCUT2D eigenvalue weighted by molar-refractivity contribution is 14.1. The Hall–Kier alpha value is -0.630. The van der Waals surface area contributed by atoms with Crippen LogP contribution in [0.2, 0.25) is 0 Å². The third-order valence-electron chi connectivity index (χ3n) is 3.02. The highest BCUT2D eigenvalue weighted by atomic mass is 127. The molecule has 2 rings (SSSR count). The first kappa shape index (κ1) is 13.8. The second-order valence-corrected chi connectivity index (χ2v) is 5.67. The molecule has 0 aromatic heterocycles. The second-order valence-electron chi connectivity index (χ2n) is 4.43. The van der Waals surface area contributed by atoms with E-state index in [-0.39, 0.29) is 12.1 Å². The highest BCUT2D eigenvalue weighted by Crippen LogP contribution is 2.36. The van der Waals surface area contributed by atoms with Crippen molar-refractivity contribution in [1.29, 1.82) is 0 Å². The van der Waals surface area contributed by atoms with Gasteiger partial charge in [-0.05, 0) is 59.2 Å². The minimum Gasteiger partial charge on any atom is -0.301 e. The summed E-state index contributed by atoms with van der Waals surface area (Å²) in [6.45, 7) is 0.0599. The average molecular weight is 369 g/mol. The first-order chi connectivity index (χ1) is 8.36. The molecule has 0 spiro atoms. The molecule has 2 nitrogen and oxygen atoms in total. The van der Waals surface area contributed by atoms with E-state index in [9.17, 15) is 18.0 Å². The Morgan fingerprint density at radius 2 is 2.06 bits per heavy atom. The van der Waals surface area contributed by atoms with Gasteiger partial charge in [0.15, 0.2) is 0 Å². The maximum atomic E-state index is 12.8. The van der Waals surface area contributed by atoms with Crippen LogP contribution in [-0.4, -0.2) is 11.8 Å². The molecule has 0 saturated heterocycles. The molecule has 0 bridgehead atoms. The number of nitrogens with one attached hydrogen (secondary N) is 1. The Morgan fingerprint density at radius 1 is 1.39 bits per heavy atom. The van der Waals surface area contributed by atoms with Gasteiger partial charge in [-0.3, -0.25) is 0 Å². The lowest BCUT2D eigenvalue weighted by Crippen LogP contribution is -2.32. The van der Waals surface area contributed by atoms with Crippen molar-refractivity contribution in [2.24, 2.45) is 0 Å². The van der Waals surface area contributed by atoms with Gasteiger partial charge in [0.05, 0.1) is 11.1 Å². The van der Waals surface area contributed by atoms with Crippen LogP contribution in [0.15, 0.2) is 18.2 Å². The summed E-state index contributed by atoms with van der Waals surface area (Å²) in [6.07, 6.45) is -2.18. The van der Waals surface area contributed by atoms with E-state index in [1.54, 1.807) is 0 Å². The third kappa shape index (κ3) is 3.03. The van der Waals surface area contributed by atoms with Gasteiger partial charge in [0.25, 0.3) is 0 Å². The summed E-state index contributed by atoms with van der Waals surface area (Å²) in [4.78, 5) is 10.8. The number of alkyl halides is 3. The Labute approximate surface area is 116 Å². The van der Waals surface area contributed by atoms with Gasteiger partial charge >= 0.3 is 6.18 Å². The fraction of sp³-hybridized carbons (Fsp3) is 0.417. The smallest absolute Gasteiger partial charge is 0.301 e. The zero-order valence-corrected chi connectivity index (χ0v) is 11.5. The fourth-order valence-electron chi connectivity index (χ4n) is 1.73. The Kier molecular flexibility index (Phi) is 3.68. The molecule has 0 unspecified atom stereocenters. The van der Waals surface area contributed by atoms with Crippen molar-refractivity contribution in [3.05, 3.63) is 32.9 Å². The van der Waals surface area contributed by atoms with Gasteiger partial charge in [-0.1, -0.05) is 0 Å². The molecule has 1 fully saturated rings. The van der Waals surface area contributed by atoms with Crippen molar-refractivity contribution in [3.8, 4) is 0 Å². The van der Waals surface area contributed by atoms with E-state index in [1.807, 2.05) is 22.6 Å². The Morgan fingerprint density at radius 3 is 2.56 bits per heavy atom. The van der Waals surface area contributed by atoms with E-state index in [4.69, 9.17) is 0 Å². The minimum absolute atomic E-state index is 0.0599. The molecule has 6 heteroatoms. The number of aldehydes is 1. The molecule has 1 aromatic carbocycles. The molecule has 1 aromatic rings. The van der Waals surface area contributed by atoms with Gasteiger partial charge in [0.2, 0.25) is 0 Å². The zero-order chi connectivity index (χ0) is 13.4. The van der Waals surface area contributed by atoms with E-state index < -0.39 is 17.3 Å². The molecule has 1 N–H and O–H groups in total. The molecule has 0 amide bonds. The summed E-state index contributed by atoms with van der Waals surface area (Å²) in [5, 5.41) is 2.90. The maximum absolute atomic E-state index is 12.8. The van der Waals surface area contributed by atoms with Gasteiger partial charge in [-0.25, -0.2) is 0 Å². The van der Waals surface area contributed by atoms with Crippen molar-refractivity contribution in [3.63, 3.8) is 0 Å². The van der Waals surface area contributed by atoms with E-state index >= 15 is 0 Å². The minimum atomic E-state index is -4.36. The Bertz CT molecular complexity index is 469. The van der Waals surface area contributed by atoms with Crippen LogP contribution >= 0.6 is 22.6 Å². The quantitative estimate of drug-likeness (QED) is 0.653. The van der Waals surface area contributed by atoms with E-state index in [0.29, 0.717) is 12.8 Å².